The quantitative estimate of drug-likeness (QED) is 0.610. The van der Waals surface area contributed by atoms with Crippen molar-refractivity contribution in [2.24, 2.45) is 0 Å². The summed E-state index contributed by atoms with van der Waals surface area (Å²) in [6.07, 6.45) is 0. The highest BCUT2D eigenvalue weighted by Crippen LogP contribution is 2.26. The predicted molar refractivity (Wildman–Crippen MR) is 99.5 cm³/mol. The number of hydrogen-bond acceptors (Lipinski definition) is 3. The average Bonchev–Trinajstić information content (AvgIpc) is 2.61. The molecule has 0 aliphatic rings. The number of nitrogen functional groups attached to an aromatic ring is 1. The van der Waals surface area contributed by atoms with E-state index in [-0.39, 0.29) is 28.1 Å². The summed E-state index contributed by atoms with van der Waals surface area (Å²) in [6.45, 7) is 1.39. The Morgan fingerprint density at radius 2 is 1.81 bits per heavy atom. The number of pyridine rings is 1. The van der Waals surface area contributed by atoms with Crippen molar-refractivity contribution in [2.45, 2.75) is 13.5 Å². The second-order valence-corrected chi connectivity index (χ2v) is 6.63. The van der Waals surface area contributed by atoms with Crippen molar-refractivity contribution >= 4 is 21.6 Å². The minimum absolute atomic E-state index is 0.00864. The Hall–Kier alpha value is -2.74. The monoisotopic (exact) mass is 438 g/mol. The topological polar surface area (TPSA) is 57.2 Å². The Morgan fingerprint density at radius 1 is 1.07 bits per heavy atom. The smallest absolute Gasteiger partial charge is 0.273 e. The van der Waals surface area contributed by atoms with E-state index >= 15 is 0 Å². The first-order chi connectivity index (χ1) is 12.8. The molecule has 0 atom stereocenters. The van der Waals surface area contributed by atoms with E-state index in [2.05, 4.69) is 15.9 Å². The van der Waals surface area contributed by atoms with Gasteiger partial charge in [0.25, 0.3) is 5.56 Å². The van der Waals surface area contributed by atoms with Crippen LogP contribution in [0.2, 0.25) is 0 Å². The molecule has 0 aliphatic carbocycles. The highest BCUT2D eigenvalue weighted by atomic mass is 79.9. The highest BCUT2D eigenvalue weighted by Gasteiger charge is 2.16. The lowest BCUT2D eigenvalue weighted by Gasteiger charge is -2.15. The fraction of sp³-hybridized carbons (Fsp3) is 0.105. The van der Waals surface area contributed by atoms with Crippen LogP contribution in [0.5, 0.6) is 5.75 Å². The molecule has 3 aromatic rings. The summed E-state index contributed by atoms with van der Waals surface area (Å²) in [7, 11) is 0. The lowest BCUT2D eigenvalue weighted by Crippen LogP contribution is -2.23. The molecule has 0 saturated heterocycles. The van der Waals surface area contributed by atoms with E-state index in [0.717, 1.165) is 16.7 Å². The van der Waals surface area contributed by atoms with Gasteiger partial charge in [0.1, 0.15) is 34.3 Å². The van der Waals surface area contributed by atoms with E-state index in [1.54, 1.807) is 6.92 Å². The van der Waals surface area contributed by atoms with Gasteiger partial charge in [-0.1, -0.05) is 0 Å². The number of aromatic nitrogens is 1. The van der Waals surface area contributed by atoms with Crippen LogP contribution in [0.25, 0.3) is 5.69 Å². The maximum atomic E-state index is 14.2. The van der Waals surface area contributed by atoms with Crippen LogP contribution in [-0.4, -0.2) is 4.57 Å². The molecule has 2 aromatic carbocycles. The Bertz CT molecular complexity index is 1080. The number of aryl methyl sites for hydroxylation is 1. The summed E-state index contributed by atoms with van der Waals surface area (Å²) in [5.41, 5.74) is 5.97. The molecule has 0 bridgehead atoms. The molecule has 1 aromatic heterocycles. The van der Waals surface area contributed by atoms with Crippen molar-refractivity contribution in [3.63, 3.8) is 0 Å². The first-order valence-corrected chi connectivity index (χ1v) is 8.61. The zero-order valence-electron chi connectivity index (χ0n) is 14.1. The summed E-state index contributed by atoms with van der Waals surface area (Å²) in [4.78, 5) is 12.7. The van der Waals surface area contributed by atoms with Crippen LogP contribution >= 0.6 is 15.9 Å². The SMILES string of the molecule is Cc1cc(OCc2ccc(F)cc2F)c(Br)c(=O)n1-c1cc(N)ccc1F. The number of benzene rings is 2. The molecule has 4 nitrogen and oxygen atoms in total. The van der Waals surface area contributed by atoms with Gasteiger partial charge in [-0.05, 0) is 53.2 Å². The van der Waals surface area contributed by atoms with E-state index in [4.69, 9.17) is 10.5 Å². The number of nitrogens with zero attached hydrogens (tertiary/aromatic N) is 1. The average molecular weight is 439 g/mol. The maximum Gasteiger partial charge on any atom is 0.273 e. The lowest BCUT2D eigenvalue weighted by molar-refractivity contribution is 0.296. The molecule has 0 aliphatic heterocycles. The maximum absolute atomic E-state index is 14.2. The number of ether oxygens (including phenoxy) is 1. The van der Waals surface area contributed by atoms with E-state index in [0.29, 0.717) is 11.4 Å². The number of rotatable bonds is 4. The van der Waals surface area contributed by atoms with Crippen LogP contribution in [0.1, 0.15) is 11.3 Å². The standard InChI is InChI=1S/C19H14BrF3N2O2/c1-10-6-17(27-9-11-2-3-12(21)7-15(11)23)18(20)19(26)25(10)16-8-13(24)4-5-14(16)22/h2-8H,9,24H2,1H3. The molecule has 3 rings (SSSR count). The zero-order valence-corrected chi connectivity index (χ0v) is 15.7. The van der Waals surface area contributed by atoms with E-state index in [1.807, 2.05) is 0 Å². The summed E-state index contributed by atoms with van der Waals surface area (Å²) >= 11 is 3.14. The molecule has 0 unspecified atom stereocenters. The summed E-state index contributed by atoms with van der Waals surface area (Å²) in [5, 5.41) is 0. The van der Waals surface area contributed by atoms with Crippen molar-refractivity contribution in [1.82, 2.24) is 4.57 Å². The van der Waals surface area contributed by atoms with Crippen LogP contribution < -0.4 is 16.0 Å². The molecule has 8 heteroatoms. The van der Waals surface area contributed by atoms with Gasteiger partial charge in [-0.15, -0.1) is 0 Å². The Morgan fingerprint density at radius 3 is 2.52 bits per heavy atom. The van der Waals surface area contributed by atoms with Gasteiger partial charge in [-0.25, -0.2) is 13.2 Å². The minimum atomic E-state index is -0.752. The third kappa shape index (κ3) is 3.85. The molecule has 0 saturated carbocycles. The fourth-order valence-electron chi connectivity index (χ4n) is 2.58. The first-order valence-electron chi connectivity index (χ1n) is 7.82. The summed E-state index contributed by atoms with van der Waals surface area (Å²) in [5.74, 6) is -1.90. The van der Waals surface area contributed by atoms with Gasteiger partial charge in [0.15, 0.2) is 0 Å². The fourth-order valence-corrected chi connectivity index (χ4v) is 2.99. The second kappa shape index (κ2) is 7.48. The number of anilines is 1. The normalized spacial score (nSPS) is 10.9. The van der Waals surface area contributed by atoms with Gasteiger partial charge in [-0.2, -0.15) is 0 Å². The first kappa shape index (κ1) is 19.0. The van der Waals surface area contributed by atoms with Crippen LogP contribution in [0.4, 0.5) is 18.9 Å². The largest absolute Gasteiger partial charge is 0.487 e. The third-order valence-corrected chi connectivity index (χ3v) is 4.64. The van der Waals surface area contributed by atoms with E-state index in [9.17, 15) is 18.0 Å². The molecule has 2 N–H and O–H groups in total. The Labute approximate surface area is 161 Å². The van der Waals surface area contributed by atoms with Crippen molar-refractivity contribution in [1.29, 1.82) is 0 Å². The van der Waals surface area contributed by atoms with E-state index in [1.165, 1.54) is 30.3 Å². The lowest BCUT2D eigenvalue weighted by atomic mass is 10.2. The van der Waals surface area contributed by atoms with Gasteiger partial charge in [0, 0.05) is 29.1 Å². The van der Waals surface area contributed by atoms with Crippen LogP contribution in [0, 0.1) is 24.4 Å². The number of hydrogen-bond donors (Lipinski definition) is 1. The molecule has 27 heavy (non-hydrogen) atoms. The Balaban J connectivity index is 1.98. The van der Waals surface area contributed by atoms with Crippen LogP contribution in [0.3, 0.4) is 0 Å². The summed E-state index contributed by atoms with van der Waals surface area (Å²) < 4.78 is 47.6. The molecular formula is C19H14BrF3N2O2. The number of nitrogens with two attached hydrogens (primary N) is 1. The van der Waals surface area contributed by atoms with E-state index < -0.39 is 23.0 Å². The molecule has 0 fully saturated rings. The van der Waals surface area contributed by atoms with Crippen LogP contribution in [0.15, 0.2) is 51.7 Å². The molecule has 0 amide bonds. The van der Waals surface area contributed by atoms with Crippen molar-refractivity contribution in [3.05, 3.63) is 86.0 Å². The van der Waals surface area contributed by atoms with Gasteiger partial charge in [-0.3, -0.25) is 9.36 Å². The molecule has 0 radical (unpaired) electrons. The van der Waals surface area contributed by atoms with Crippen molar-refractivity contribution in [2.75, 3.05) is 5.73 Å². The summed E-state index contributed by atoms with van der Waals surface area (Å²) in [6, 6.07) is 8.55. The van der Waals surface area contributed by atoms with Gasteiger partial charge >= 0.3 is 0 Å². The molecule has 1 heterocycles. The molecule has 140 valence electrons. The minimum Gasteiger partial charge on any atom is -0.487 e. The van der Waals surface area contributed by atoms with Crippen molar-refractivity contribution in [3.8, 4) is 11.4 Å². The van der Waals surface area contributed by atoms with Crippen molar-refractivity contribution < 1.29 is 17.9 Å². The number of halogens is 4. The zero-order chi connectivity index (χ0) is 19.7. The highest BCUT2D eigenvalue weighted by molar-refractivity contribution is 9.10. The van der Waals surface area contributed by atoms with Gasteiger partial charge < -0.3 is 10.5 Å². The Kier molecular flexibility index (Phi) is 5.27. The second-order valence-electron chi connectivity index (χ2n) is 5.84. The van der Waals surface area contributed by atoms with Gasteiger partial charge in [0.05, 0.1) is 5.69 Å². The van der Waals surface area contributed by atoms with Crippen LogP contribution in [-0.2, 0) is 6.61 Å². The third-order valence-electron chi connectivity index (χ3n) is 3.91. The molecular weight excluding hydrogens is 425 g/mol. The van der Waals surface area contributed by atoms with Gasteiger partial charge in [0.2, 0.25) is 0 Å². The predicted octanol–water partition coefficient (Wildman–Crippen LogP) is 4.49. The molecule has 0 spiro atoms.